The molecule has 1 aromatic heterocycles. The molecular formula is C24H34FN5O. The summed E-state index contributed by atoms with van der Waals surface area (Å²) in [4.78, 5) is 19.7. The fourth-order valence-corrected chi connectivity index (χ4v) is 4.44. The molecule has 2 aliphatic rings. The summed E-state index contributed by atoms with van der Waals surface area (Å²) in [7, 11) is 0. The van der Waals surface area contributed by atoms with Crippen LogP contribution < -0.4 is 4.90 Å². The van der Waals surface area contributed by atoms with Crippen LogP contribution in [0.2, 0.25) is 0 Å². The van der Waals surface area contributed by atoms with Crippen molar-refractivity contribution < 1.29 is 9.18 Å². The lowest BCUT2D eigenvalue weighted by Crippen LogP contribution is -2.47. The van der Waals surface area contributed by atoms with Crippen LogP contribution in [0.15, 0.2) is 24.3 Å². The van der Waals surface area contributed by atoms with E-state index in [0.29, 0.717) is 6.54 Å². The quantitative estimate of drug-likeness (QED) is 0.646. The number of benzene rings is 1. The molecule has 0 bridgehead atoms. The van der Waals surface area contributed by atoms with Crippen molar-refractivity contribution in [2.45, 2.75) is 46.6 Å². The molecular weight excluding hydrogens is 393 g/mol. The first-order chi connectivity index (χ1) is 15.0. The maximum atomic E-state index is 14.0. The Morgan fingerprint density at radius 3 is 2.55 bits per heavy atom. The molecule has 1 saturated carbocycles. The maximum absolute atomic E-state index is 14.0. The monoisotopic (exact) mass is 427 g/mol. The van der Waals surface area contributed by atoms with Crippen molar-refractivity contribution >= 4 is 11.7 Å². The molecule has 1 saturated heterocycles. The van der Waals surface area contributed by atoms with Crippen molar-refractivity contribution in [2.75, 3.05) is 44.2 Å². The summed E-state index contributed by atoms with van der Waals surface area (Å²) in [5, 5.41) is 4.83. The van der Waals surface area contributed by atoms with Crippen LogP contribution in [0.5, 0.6) is 0 Å². The Hall–Kier alpha value is -2.41. The summed E-state index contributed by atoms with van der Waals surface area (Å²) in [6.07, 6.45) is 2.94. The van der Waals surface area contributed by atoms with E-state index in [4.69, 9.17) is 5.10 Å². The number of halogens is 1. The Morgan fingerprint density at radius 1 is 1.19 bits per heavy atom. The number of hydrogen-bond donors (Lipinski definition) is 0. The van der Waals surface area contributed by atoms with Gasteiger partial charge in [0.2, 0.25) is 5.91 Å². The Labute approximate surface area is 184 Å². The van der Waals surface area contributed by atoms with Gasteiger partial charge in [-0.1, -0.05) is 19.9 Å². The smallest absolute Gasteiger partial charge is 0.225 e. The van der Waals surface area contributed by atoms with Crippen LogP contribution in [0.4, 0.5) is 10.2 Å². The van der Waals surface area contributed by atoms with E-state index in [2.05, 4.69) is 23.6 Å². The number of rotatable bonds is 8. The molecule has 1 aliphatic heterocycles. The minimum absolute atomic E-state index is 0.196. The second kappa shape index (κ2) is 9.39. The van der Waals surface area contributed by atoms with Crippen LogP contribution in [0.25, 0.3) is 5.69 Å². The summed E-state index contributed by atoms with van der Waals surface area (Å²) in [5.74, 6) is 1.19. The Balaban J connectivity index is 1.72. The predicted molar refractivity (Wildman–Crippen MR) is 121 cm³/mol. The molecule has 0 atom stereocenters. The topological polar surface area (TPSA) is 44.6 Å². The number of carbonyl (C=O) groups is 1. The Morgan fingerprint density at radius 2 is 1.94 bits per heavy atom. The van der Waals surface area contributed by atoms with Crippen molar-refractivity contribution in [3.8, 4) is 5.69 Å². The number of hydrogen-bond acceptors (Lipinski definition) is 4. The van der Waals surface area contributed by atoms with Gasteiger partial charge in [-0.3, -0.25) is 4.79 Å². The van der Waals surface area contributed by atoms with Gasteiger partial charge in [0.15, 0.2) is 0 Å². The highest BCUT2D eigenvalue weighted by atomic mass is 19.1. The van der Waals surface area contributed by atoms with Crippen molar-refractivity contribution in [3.05, 3.63) is 41.3 Å². The second-order valence-electron chi connectivity index (χ2n) is 8.73. The number of aromatic nitrogens is 2. The van der Waals surface area contributed by atoms with Gasteiger partial charge in [0, 0.05) is 44.2 Å². The van der Waals surface area contributed by atoms with Crippen LogP contribution >= 0.6 is 0 Å². The Bertz CT molecular complexity index is 915. The van der Waals surface area contributed by atoms with Gasteiger partial charge in [-0.25, -0.2) is 9.07 Å². The molecule has 1 amide bonds. The molecule has 2 fully saturated rings. The molecule has 0 unspecified atom stereocenters. The highest BCUT2D eigenvalue weighted by Crippen LogP contribution is 2.34. The second-order valence-corrected chi connectivity index (χ2v) is 8.73. The van der Waals surface area contributed by atoms with Gasteiger partial charge >= 0.3 is 0 Å². The number of carbonyl (C=O) groups excluding carboxylic acids is 1. The number of anilines is 1. The minimum atomic E-state index is -0.273. The molecule has 1 aromatic carbocycles. The first-order valence-electron chi connectivity index (χ1n) is 11.6. The third-order valence-electron chi connectivity index (χ3n) is 6.41. The zero-order valence-electron chi connectivity index (χ0n) is 19.0. The van der Waals surface area contributed by atoms with Gasteiger partial charge in [-0.05, 0) is 50.9 Å². The average Bonchev–Trinajstić information content (AvgIpc) is 3.57. The molecule has 2 heterocycles. The lowest BCUT2D eigenvalue weighted by Gasteiger charge is -2.36. The highest BCUT2D eigenvalue weighted by Gasteiger charge is 2.34. The van der Waals surface area contributed by atoms with Gasteiger partial charge in [-0.15, -0.1) is 0 Å². The molecule has 31 heavy (non-hydrogen) atoms. The van der Waals surface area contributed by atoms with Gasteiger partial charge in [0.1, 0.15) is 11.6 Å². The summed E-state index contributed by atoms with van der Waals surface area (Å²) in [6, 6.07) is 6.60. The average molecular weight is 428 g/mol. The summed E-state index contributed by atoms with van der Waals surface area (Å²) < 4.78 is 15.9. The van der Waals surface area contributed by atoms with Crippen molar-refractivity contribution in [3.63, 3.8) is 0 Å². The van der Waals surface area contributed by atoms with Crippen LogP contribution in [0, 0.1) is 18.7 Å². The predicted octanol–water partition coefficient (Wildman–Crippen LogP) is 3.61. The van der Waals surface area contributed by atoms with Crippen molar-refractivity contribution in [1.29, 1.82) is 0 Å². The number of piperazine rings is 1. The summed E-state index contributed by atoms with van der Waals surface area (Å²) in [5.41, 5.74) is 2.70. The zero-order valence-corrected chi connectivity index (χ0v) is 19.0. The molecule has 0 radical (unpaired) electrons. The van der Waals surface area contributed by atoms with Crippen LogP contribution in [-0.4, -0.2) is 64.8 Å². The highest BCUT2D eigenvalue weighted by molar-refractivity contribution is 5.81. The van der Waals surface area contributed by atoms with E-state index in [9.17, 15) is 9.18 Å². The van der Waals surface area contributed by atoms with Gasteiger partial charge < -0.3 is 14.7 Å². The largest absolute Gasteiger partial charge is 0.354 e. The summed E-state index contributed by atoms with van der Waals surface area (Å²) in [6.45, 7) is 12.4. The molecule has 0 spiro atoms. The fourth-order valence-electron chi connectivity index (χ4n) is 4.44. The number of likely N-dealkylation sites (N-methyl/N-ethyl adjacent to an activating group) is 1. The first-order valence-corrected chi connectivity index (χ1v) is 11.6. The maximum Gasteiger partial charge on any atom is 0.225 e. The van der Waals surface area contributed by atoms with Gasteiger partial charge in [0.05, 0.1) is 17.9 Å². The van der Waals surface area contributed by atoms with Gasteiger partial charge in [-0.2, -0.15) is 5.10 Å². The summed E-state index contributed by atoms with van der Waals surface area (Å²) >= 11 is 0. The third kappa shape index (κ3) is 4.76. The van der Waals surface area contributed by atoms with E-state index in [-0.39, 0.29) is 17.6 Å². The molecule has 168 valence electrons. The lowest BCUT2D eigenvalue weighted by molar-refractivity contribution is -0.133. The van der Waals surface area contributed by atoms with Crippen molar-refractivity contribution in [2.24, 2.45) is 5.92 Å². The molecule has 4 rings (SSSR count). The van der Waals surface area contributed by atoms with Crippen molar-refractivity contribution in [1.82, 2.24) is 19.6 Å². The molecule has 7 heteroatoms. The van der Waals surface area contributed by atoms with Crippen LogP contribution in [0.3, 0.4) is 0 Å². The number of nitrogens with zero attached hydrogens (tertiary/aromatic N) is 5. The number of amides is 1. The molecule has 0 N–H and O–H groups in total. The zero-order chi connectivity index (χ0) is 22.0. The van der Waals surface area contributed by atoms with Crippen LogP contribution in [-0.2, 0) is 11.3 Å². The minimum Gasteiger partial charge on any atom is -0.354 e. The van der Waals surface area contributed by atoms with Gasteiger partial charge in [0.25, 0.3) is 0 Å². The first kappa shape index (κ1) is 21.8. The van der Waals surface area contributed by atoms with Crippen LogP contribution in [0.1, 0.15) is 44.4 Å². The third-order valence-corrected chi connectivity index (χ3v) is 6.41. The molecule has 6 nitrogen and oxygen atoms in total. The number of aryl methyl sites for hydroxylation is 1. The lowest BCUT2D eigenvalue weighted by atomic mass is 10.1. The van der Waals surface area contributed by atoms with E-state index in [0.717, 1.165) is 81.3 Å². The SMILES string of the molecule is CCCN(Cc1c(C)nn(-c2cccc(F)c2)c1N1CCN(CC)CC1)C(=O)C1CC1. The van der Waals surface area contributed by atoms with E-state index < -0.39 is 0 Å². The fraction of sp³-hybridized carbons (Fsp3) is 0.583. The standard InChI is InChI=1S/C24H34FN5O/c1-4-11-29(24(31)19-9-10-19)17-22-18(3)26-30(21-8-6-7-20(25)16-21)23(22)28-14-12-27(5-2)13-15-28/h6-8,16,19H,4-5,9-15,17H2,1-3H3. The van der Waals surface area contributed by atoms with E-state index in [1.54, 1.807) is 6.07 Å². The van der Waals surface area contributed by atoms with E-state index in [1.165, 1.54) is 12.1 Å². The molecule has 2 aromatic rings. The van der Waals surface area contributed by atoms with E-state index in [1.807, 2.05) is 22.6 Å². The van der Waals surface area contributed by atoms with E-state index >= 15 is 0 Å². The molecule has 1 aliphatic carbocycles. The Kier molecular flexibility index (Phi) is 6.60. The normalized spacial score (nSPS) is 17.2.